The summed E-state index contributed by atoms with van der Waals surface area (Å²) < 4.78 is 120. The van der Waals surface area contributed by atoms with E-state index in [4.69, 9.17) is 54.9 Å². The maximum Gasteiger partial charge on any atom is 0.475 e. The maximum atomic E-state index is 15.9. The third-order valence-corrected chi connectivity index (χ3v) is 22.2. The lowest BCUT2D eigenvalue weighted by Gasteiger charge is -2.46. The molecule has 0 radical (unpaired) electrons. The third-order valence-electron chi connectivity index (χ3n) is 18.0. The smallest absolute Gasteiger partial charge is 0.462 e. The molecule has 0 spiro atoms. The highest BCUT2D eigenvalue weighted by Gasteiger charge is 2.60. The van der Waals surface area contributed by atoms with E-state index in [1.807, 2.05) is 0 Å². The van der Waals surface area contributed by atoms with Crippen LogP contribution in [0, 0.1) is 0 Å². The quantitative estimate of drug-likeness (QED) is 0.0158. The lowest BCUT2D eigenvalue weighted by molar-refractivity contribution is -0.227. The van der Waals surface area contributed by atoms with E-state index < -0.39 is 143 Å². The van der Waals surface area contributed by atoms with Crippen LogP contribution in [0.1, 0.15) is 241 Å². The zero-order valence-electron chi connectivity index (χ0n) is 62.1. The molecule has 1 aliphatic rings. The second kappa shape index (κ2) is 51.7. The van der Waals surface area contributed by atoms with E-state index in [-0.39, 0.29) is 19.3 Å². The van der Waals surface area contributed by atoms with Gasteiger partial charge in [0.05, 0.1) is 46.1 Å². The summed E-state index contributed by atoms with van der Waals surface area (Å²) in [5, 5.41) is 26.0. The molecule has 5 aromatic carbocycles. The zero-order chi connectivity index (χ0) is 75.1. The molecule has 0 heterocycles. The first-order valence-corrected chi connectivity index (χ1v) is 42.7. The van der Waals surface area contributed by atoms with Crippen LogP contribution < -0.4 is 0 Å². The molecular formula is C81H117O21P3. The van der Waals surface area contributed by atoms with Crippen LogP contribution in [0.15, 0.2) is 152 Å². The molecule has 21 nitrogen and oxygen atoms in total. The summed E-state index contributed by atoms with van der Waals surface area (Å²) >= 11 is 0. The molecule has 582 valence electrons. The third kappa shape index (κ3) is 36.9. The number of hydrogen-bond acceptors (Lipinski definition) is 21. The van der Waals surface area contributed by atoms with Gasteiger partial charge in [-0.2, -0.15) is 0 Å². The highest BCUT2D eigenvalue weighted by Crippen LogP contribution is 2.59. The van der Waals surface area contributed by atoms with Crippen LogP contribution in [0.25, 0.3) is 0 Å². The number of esters is 3. The topological polar surface area (TPSA) is 271 Å². The van der Waals surface area contributed by atoms with Gasteiger partial charge in [-0.15, -0.1) is 0 Å². The zero-order valence-corrected chi connectivity index (χ0v) is 64.8. The van der Waals surface area contributed by atoms with Crippen molar-refractivity contribution in [2.24, 2.45) is 0 Å². The first-order valence-electron chi connectivity index (χ1n) is 38.3. The van der Waals surface area contributed by atoms with Crippen molar-refractivity contribution in [1.29, 1.82) is 0 Å². The molecule has 8 atom stereocenters. The number of benzene rings is 5. The summed E-state index contributed by atoms with van der Waals surface area (Å²) in [5.74, 6) is -2.75. The molecule has 0 amide bonds. The summed E-state index contributed by atoms with van der Waals surface area (Å²) in [6.07, 6.45) is 12.4. The Morgan fingerprint density at radius 1 is 0.333 bits per heavy atom. The van der Waals surface area contributed by atoms with Gasteiger partial charge in [-0.05, 0) is 47.6 Å². The van der Waals surface area contributed by atoms with Crippen LogP contribution in [0.4, 0.5) is 0 Å². The number of carbonyl (C=O) groups is 4. The number of ketones is 1. The van der Waals surface area contributed by atoms with Crippen molar-refractivity contribution in [3.05, 3.63) is 179 Å². The maximum absolute atomic E-state index is 15.9. The molecule has 6 rings (SSSR count). The van der Waals surface area contributed by atoms with Gasteiger partial charge in [0.25, 0.3) is 0 Å². The summed E-state index contributed by atoms with van der Waals surface area (Å²) in [4.78, 5) is 53.9. The Balaban J connectivity index is 1.33. The minimum Gasteiger partial charge on any atom is -0.462 e. The Hall–Kier alpha value is -5.57. The highest BCUT2D eigenvalue weighted by molar-refractivity contribution is 7.49. The predicted octanol–water partition coefficient (Wildman–Crippen LogP) is 20.0. The molecular weight excluding hydrogens is 1400 g/mol. The van der Waals surface area contributed by atoms with E-state index in [1.54, 1.807) is 152 Å². The number of ether oxygens (including phenoxy) is 3. The molecule has 1 aliphatic carbocycles. The number of rotatable bonds is 59. The van der Waals surface area contributed by atoms with Crippen LogP contribution >= 0.6 is 23.5 Å². The van der Waals surface area contributed by atoms with E-state index in [2.05, 4.69) is 13.8 Å². The SMILES string of the molecule is CCCCCCCCCCCCCCCC(=O)OC[C@H](COP(=O)(OCc1ccccc1)OC1[C@H](O)[C@H](OP(=O)(OCc2ccccc2)OCc2ccccc2)C(OC(=O)CCC(C)=O)[C@H](OP(=O)(OCc2ccccc2)OCc2ccccc2)[C@H]1O)OC(=O)CCCCCCCCCCCCCCC. The van der Waals surface area contributed by atoms with E-state index in [1.165, 1.54) is 103 Å². The molecule has 0 aromatic heterocycles. The van der Waals surface area contributed by atoms with Crippen LogP contribution in [-0.2, 0) is 121 Å². The molecule has 2 N–H and O–H groups in total. The number of aliphatic hydroxyl groups excluding tert-OH is 2. The number of phosphoric acid groups is 3. The number of carbonyl (C=O) groups excluding carboxylic acids is 4. The summed E-state index contributed by atoms with van der Waals surface area (Å²) in [7, 11) is -15.7. The second-order valence-electron chi connectivity index (χ2n) is 27.1. The van der Waals surface area contributed by atoms with Gasteiger partial charge in [-0.3, -0.25) is 55.1 Å². The fourth-order valence-corrected chi connectivity index (χ4v) is 16.0. The first-order chi connectivity index (χ1) is 51.0. The second-order valence-corrected chi connectivity index (χ2v) is 31.9. The number of hydrogen-bond donors (Lipinski definition) is 2. The molecule has 5 aromatic rings. The average molecular weight is 1520 g/mol. The van der Waals surface area contributed by atoms with Crippen molar-refractivity contribution in [1.82, 2.24) is 0 Å². The summed E-state index contributed by atoms with van der Waals surface area (Å²) in [6.45, 7) is 2.13. The lowest BCUT2D eigenvalue weighted by atomic mass is 9.85. The van der Waals surface area contributed by atoms with Gasteiger partial charge in [0.1, 0.15) is 42.9 Å². The number of aliphatic hydroxyl groups is 2. The summed E-state index contributed by atoms with van der Waals surface area (Å²) in [6, 6.07) is 42.5. The molecule has 1 fully saturated rings. The van der Waals surface area contributed by atoms with E-state index in [0.29, 0.717) is 40.7 Å². The van der Waals surface area contributed by atoms with Crippen molar-refractivity contribution in [3.8, 4) is 0 Å². The van der Waals surface area contributed by atoms with Gasteiger partial charge in [0.15, 0.2) is 12.2 Å². The fraction of sp³-hybridized carbons (Fsp3) is 0.580. The number of phosphoric ester groups is 3. The van der Waals surface area contributed by atoms with Crippen LogP contribution in [-0.4, -0.2) is 89.8 Å². The van der Waals surface area contributed by atoms with Gasteiger partial charge in [0, 0.05) is 19.3 Å². The normalized spacial score (nSPS) is 17.7. The molecule has 0 aliphatic heterocycles. The van der Waals surface area contributed by atoms with Crippen molar-refractivity contribution >= 4 is 47.2 Å². The fourth-order valence-electron chi connectivity index (χ4n) is 11.9. The van der Waals surface area contributed by atoms with Gasteiger partial charge < -0.3 is 29.2 Å². The van der Waals surface area contributed by atoms with Gasteiger partial charge in [0.2, 0.25) is 0 Å². The van der Waals surface area contributed by atoms with Crippen LogP contribution in [0.5, 0.6) is 0 Å². The Bertz CT molecular complexity index is 3080. The number of Topliss-reactive ketones (excluding diaryl/α,β-unsaturated/α-hetero) is 1. The van der Waals surface area contributed by atoms with Crippen LogP contribution in [0.2, 0.25) is 0 Å². The van der Waals surface area contributed by atoms with E-state index in [0.717, 1.165) is 57.8 Å². The highest BCUT2D eigenvalue weighted by atomic mass is 31.2. The Kier molecular flexibility index (Phi) is 43.5. The van der Waals surface area contributed by atoms with Crippen molar-refractivity contribution in [2.45, 2.75) is 289 Å². The standard InChI is InChI=1S/C81H117O21P3/c1-4-6-8-10-12-14-16-18-20-22-24-26-43-55-73(83)91-64-72(98-74(84)56-44-27-25-23-21-19-17-15-13-11-9-7-5-2)65-97-105(90,96-63-71-53-41-32-42-54-71)100-78-76(86)79(101-103(88,92-59-67-45-33-28-34-46-67)93-60-68-47-35-29-36-48-68)81(99-75(85)58-57-66(3)82)80(77(78)87)102-104(89,94-61-69-49-37-30-38-50-69)95-62-70-51-39-31-40-52-70/h28-42,45-54,72,76-81,86-87H,4-27,43-44,55-65H2,1-3H3/t72-,76+,77+,78?,79-,80+,81?,105?/m1/s1. The molecule has 0 saturated heterocycles. The van der Waals surface area contributed by atoms with Crippen molar-refractivity contribution < 1.29 is 98.0 Å². The van der Waals surface area contributed by atoms with E-state index in [9.17, 15) is 29.4 Å². The molecule has 0 bridgehead atoms. The van der Waals surface area contributed by atoms with Gasteiger partial charge >= 0.3 is 41.4 Å². The Labute approximate surface area is 624 Å². The lowest BCUT2D eigenvalue weighted by Crippen LogP contribution is -2.66. The Morgan fingerprint density at radius 3 is 0.933 bits per heavy atom. The van der Waals surface area contributed by atoms with Gasteiger partial charge in [-0.1, -0.05) is 320 Å². The van der Waals surface area contributed by atoms with Crippen molar-refractivity contribution in [2.75, 3.05) is 13.2 Å². The Morgan fingerprint density at radius 2 is 0.619 bits per heavy atom. The largest absolute Gasteiger partial charge is 0.475 e. The van der Waals surface area contributed by atoms with Crippen molar-refractivity contribution in [3.63, 3.8) is 0 Å². The summed E-state index contributed by atoms with van der Waals surface area (Å²) in [5.41, 5.74) is 2.41. The molecule has 1 saturated carbocycles. The first kappa shape index (κ1) is 88.3. The molecule has 24 heteroatoms. The predicted molar refractivity (Wildman–Crippen MR) is 403 cm³/mol. The molecule has 3 unspecified atom stereocenters. The number of unbranched alkanes of at least 4 members (excludes halogenated alkanes) is 24. The van der Waals surface area contributed by atoms with Gasteiger partial charge in [-0.25, -0.2) is 13.7 Å². The average Bonchev–Trinajstić information content (AvgIpc) is 0.755. The minimum atomic E-state index is -5.37. The van der Waals surface area contributed by atoms with Crippen LogP contribution in [0.3, 0.4) is 0 Å². The minimum absolute atomic E-state index is 0.00548. The monoisotopic (exact) mass is 1520 g/mol. The van der Waals surface area contributed by atoms with E-state index >= 15 is 13.7 Å². The molecule has 105 heavy (non-hydrogen) atoms.